The molecule has 2 aliphatic rings. The van der Waals surface area contributed by atoms with Gasteiger partial charge in [0.1, 0.15) is 5.60 Å². The maximum atomic E-state index is 13.1. The summed E-state index contributed by atoms with van der Waals surface area (Å²) in [4.78, 5) is 36.4. The number of fused-ring (bicyclic) bond motifs is 2. The van der Waals surface area contributed by atoms with Crippen molar-refractivity contribution >= 4 is 22.9 Å². The van der Waals surface area contributed by atoms with Crippen molar-refractivity contribution in [2.45, 2.75) is 59.6 Å². The Hall–Kier alpha value is -2.70. The second-order valence-electron chi connectivity index (χ2n) is 10.5. The van der Waals surface area contributed by atoms with E-state index in [1.165, 1.54) is 0 Å². The molecule has 1 saturated heterocycles. The van der Waals surface area contributed by atoms with E-state index in [-0.39, 0.29) is 29.8 Å². The largest absolute Gasteiger partial charge is 0.444 e. The summed E-state index contributed by atoms with van der Waals surface area (Å²) in [5, 5.41) is 4.27. The Kier molecular flexibility index (Phi) is 4.98. The van der Waals surface area contributed by atoms with Gasteiger partial charge in [0.15, 0.2) is 0 Å². The summed E-state index contributed by atoms with van der Waals surface area (Å²) < 4.78 is 5.46. The maximum absolute atomic E-state index is 13.1. The van der Waals surface area contributed by atoms with Gasteiger partial charge in [-0.2, -0.15) is 0 Å². The summed E-state index contributed by atoms with van der Waals surface area (Å²) in [6.07, 6.45) is 1.49. The average Bonchev–Trinajstić information content (AvgIpc) is 3.14. The summed E-state index contributed by atoms with van der Waals surface area (Å²) in [6, 6.07) is 4.02. The lowest BCUT2D eigenvalue weighted by atomic mass is 9.95. The number of carbonyl (C=O) groups excluding carboxylic acids is 2. The molecule has 2 aromatic heterocycles. The smallest absolute Gasteiger partial charge is 0.410 e. The molecule has 3 heterocycles. The van der Waals surface area contributed by atoms with Gasteiger partial charge >= 0.3 is 6.09 Å². The first-order valence-electron chi connectivity index (χ1n) is 10.9. The standard InChI is InChI=1S/C24H32N4O3/c1-13-8-9-25-19-15(13)10-14(2)26-20(19)24(6,7)27-21(29)18-16-11-28(12-17(16)18)22(30)31-23(3,4)5/h8-10,16-18H,11-12H2,1-7H3,(H,27,29). The Morgan fingerprint density at radius 1 is 1.13 bits per heavy atom. The number of likely N-dealkylation sites (tertiary alicyclic amines) is 1. The van der Waals surface area contributed by atoms with Crippen LogP contribution >= 0.6 is 0 Å². The van der Waals surface area contributed by atoms with Gasteiger partial charge in [0.2, 0.25) is 5.91 Å². The molecule has 0 spiro atoms. The molecule has 0 radical (unpaired) electrons. The Balaban J connectivity index is 1.46. The molecule has 1 saturated carbocycles. The van der Waals surface area contributed by atoms with Crippen LogP contribution in [-0.4, -0.2) is 45.6 Å². The number of aromatic nitrogens is 2. The van der Waals surface area contributed by atoms with Crippen LogP contribution in [0.4, 0.5) is 4.79 Å². The van der Waals surface area contributed by atoms with E-state index < -0.39 is 11.1 Å². The molecule has 31 heavy (non-hydrogen) atoms. The predicted octanol–water partition coefficient (Wildman–Crippen LogP) is 3.71. The van der Waals surface area contributed by atoms with Crippen molar-refractivity contribution < 1.29 is 14.3 Å². The molecule has 2 amide bonds. The van der Waals surface area contributed by atoms with Crippen molar-refractivity contribution in [1.29, 1.82) is 0 Å². The quantitative estimate of drug-likeness (QED) is 0.812. The van der Waals surface area contributed by atoms with E-state index in [1.54, 1.807) is 11.1 Å². The topological polar surface area (TPSA) is 84.4 Å². The third-order valence-corrected chi connectivity index (χ3v) is 6.25. The lowest BCUT2D eigenvalue weighted by Gasteiger charge is -2.29. The van der Waals surface area contributed by atoms with E-state index in [0.29, 0.717) is 13.1 Å². The maximum Gasteiger partial charge on any atom is 0.410 e. The minimum absolute atomic E-state index is 0.0212. The molecule has 7 nitrogen and oxygen atoms in total. The SMILES string of the molecule is Cc1cc2c(C)ccnc2c(C(C)(C)NC(=O)C2C3CN(C(=O)OC(C)(C)C)CC32)n1. The fraction of sp³-hybridized carbons (Fsp3) is 0.583. The number of piperidine rings is 1. The van der Waals surface area contributed by atoms with Crippen LogP contribution in [0.25, 0.3) is 10.9 Å². The zero-order valence-corrected chi connectivity index (χ0v) is 19.4. The molecule has 0 aromatic carbocycles. The van der Waals surface area contributed by atoms with Crippen molar-refractivity contribution in [2.24, 2.45) is 17.8 Å². The molecule has 1 N–H and O–H groups in total. The summed E-state index contributed by atoms with van der Waals surface area (Å²) in [5.41, 5.74) is 2.46. The van der Waals surface area contributed by atoms with E-state index in [0.717, 1.165) is 27.9 Å². The summed E-state index contributed by atoms with van der Waals surface area (Å²) in [6.45, 7) is 14.7. The van der Waals surface area contributed by atoms with Crippen molar-refractivity contribution in [1.82, 2.24) is 20.2 Å². The van der Waals surface area contributed by atoms with Gasteiger partial charge in [0.25, 0.3) is 0 Å². The van der Waals surface area contributed by atoms with E-state index in [9.17, 15) is 9.59 Å². The lowest BCUT2D eigenvalue weighted by molar-refractivity contribution is -0.125. The van der Waals surface area contributed by atoms with Crippen LogP contribution < -0.4 is 5.32 Å². The van der Waals surface area contributed by atoms with E-state index in [2.05, 4.69) is 17.2 Å². The monoisotopic (exact) mass is 424 g/mol. The Morgan fingerprint density at radius 2 is 1.77 bits per heavy atom. The van der Waals surface area contributed by atoms with Crippen LogP contribution in [0.1, 0.15) is 51.6 Å². The first kappa shape index (κ1) is 21.5. The fourth-order valence-electron chi connectivity index (χ4n) is 4.69. The lowest BCUT2D eigenvalue weighted by Crippen LogP contribution is -2.44. The highest BCUT2D eigenvalue weighted by atomic mass is 16.6. The van der Waals surface area contributed by atoms with Crippen molar-refractivity contribution in [3.8, 4) is 0 Å². The summed E-state index contributed by atoms with van der Waals surface area (Å²) >= 11 is 0. The van der Waals surface area contributed by atoms with Gasteiger partial charge in [-0.3, -0.25) is 14.8 Å². The summed E-state index contributed by atoms with van der Waals surface area (Å²) in [7, 11) is 0. The zero-order chi connectivity index (χ0) is 22.7. The van der Waals surface area contributed by atoms with Gasteiger partial charge < -0.3 is 15.0 Å². The number of hydrogen-bond acceptors (Lipinski definition) is 5. The van der Waals surface area contributed by atoms with Crippen LogP contribution in [0.2, 0.25) is 0 Å². The third-order valence-electron chi connectivity index (χ3n) is 6.25. The Labute approximate surface area is 183 Å². The van der Waals surface area contributed by atoms with Crippen molar-refractivity contribution in [3.63, 3.8) is 0 Å². The van der Waals surface area contributed by atoms with Gasteiger partial charge in [0.05, 0.1) is 16.7 Å². The van der Waals surface area contributed by atoms with Crippen molar-refractivity contribution in [3.05, 3.63) is 35.3 Å². The van der Waals surface area contributed by atoms with Crippen LogP contribution in [-0.2, 0) is 15.1 Å². The van der Waals surface area contributed by atoms with Crippen LogP contribution in [0.5, 0.6) is 0 Å². The van der Waals surface area contributed by atoms with Crippen molar-refractivity contribution in [2.75, 3.05) is 13.1 Å². The number of pyridine rings is 2. The first-order valence-corrected chi connectivity index (χ1v) is 10.9. The Morgan fingerprint density at radius 3 is 2.39 bits per heavy atom. The molecule has 1 aliphatic heterocycles. The Bertz CT molecular complexity index is 1040. The minimum atomic E-state index is -0.663. The van der Waals surface area contributed by atoms with Gasteiger partial charge in [-0.1, -0.05) is 0 Å². The fourth-order valence-corrected chi connectivity index (χ4v) is 4.69. The highest BCUT2D eigenvalue weighted by Gasteiger charge is 2.61. The normalized spacial score (nSPS) is 22.9. The zero-order valence-electron chi connectivity index (χ0n) is 19.4. The van der Waals surface area contributed by atoms with E-state index in [4.69, 9.17) is 9.72 Å². The van der Waals surface area contributed by atoms with Gasteiger partial charge in [-0.25, -0.2) is 4.79 Å². The van der Waals surface area contributed by atoms with E-state index in [1.807, 2.05) is 53.7 Å². The molecule has 2 atom stereocenters. The molecule has 4 rings (SSSR count). The molecule has 2 unspecified atom stereocenters. The molecule has 2 fully saturated rings. The molecule has 166 valence electrons. The van der Waals surface area contributed by atoms with Gasteiger partial charge in [-0.05, 0) is 78.0 Å². The molecule has 7 heteroatoms. The third kappa shape index (κ3) is 4.10. The van der Waals surface area contributed by atoms with Crippen LogP contribution in [0.15, 0.2) is 18.3 Å². The van der Waals surface area contributed by atoms with Crippen LogP contribution in [0, 0.1) is 31.6 Å². The second-order valence-corrected chi connectivity index (χ2v) is 10.5. The highest BCUT2D eigenvalue weighted by Crippen LogP contribution is 2.52. The number of amides is 2. The van der Waals surface area contributed by atoms with Gasteiger partial charge in [-0.15, -0.1) is 0 Å². The molecule has 2 aromatic rings. The number of nitrogens with one attached hydrogen (secondary N) is 1. The average molecular weight is 425 g/mol. The first-order chi connectivity index (χ1) is 14.4. The number of hydrogen-bond donors (Lipinski definition) is 1. The van der Waals surface area contributed by atoms with Gasteiger partial charge in [0, 0.05) is 36.3 Å². The molecular formula is C24H32N4O3. The molecular weight excluding hydrogens is 392 g/mol. The number of nitrogens with zero attached hydrogens (tertiary/aromatic N) is 3. The molecule has 0 bridgehead atoms. The number of rotatable bonds is 3. The number of aryl methyl sites for hydroxylation is 2. The predicted molar refractivity (Wildman–Crippen MR) is 118 cm³/mol. The minimum Gasteiger partial charge on any atom is -0.444 e. The number of ether oxygens (including phenoxy) is 1. The summed E-state index contributed by atoms with van der Waals surface area (Å²) in [5.74, 6) is 0.355. The second kappa shape index (κ2) is 7.18. The molecule has 1 aliphatic carbocycles. The van der Waals surface area contributed by atoms with Crippen LogP contribution in [0.3, 0.4) is 0 Å². The highest BCUT2D eigenvalue weighted by molar-refractivity contribution is 5.87. The number of carbonyl (C=O) groups is 2. The van der Waals surface area contributed by atoms with E-state index >= 15 is 0 Å².